The molecule has 0 saturated heterocycles. The van der Waals surface area contributed by atoms with Crippen LogP contribution in [0.2, 0.25) is 0 Å². The van der Waals surface area contributed by atoms with E-state index in [1.807, 2.05) is 14.7 Å². The van der Waals surface area contributed by atoms with E-state index in [1.165, 1.54) is 53.2 Å². The first kappa shape index (κ1) is 77.3. The maximum Gasteiger partial charge on any atom is 0.356 e. The number of rotatable bonds is 36. The van der Waals surface area contributed by atoms with Gasteiger partial charge in [0.15, 0.2) is 0 Å². The van der Waals surface area contributed by atoms with E-state index in [4.69, 9.17) is 33.9 Å². The predicted octanol–water partition coefficient (Wildman–Crippen LogP) is 3.41. The van der Waals surface area contributed by atoms with Crippen LogP contribution >= 0.6 is 0 Å². The highest BCUT2D eigenvalue weighted by molar-refractivity contribution is 5.88. The molecule has 4 aromatic heterocycles. The van der Waals surface area contributed by atoms with Crippen molar-refractivity contribution >= 4 is 59.7 Å². The molecule has 0 saturated carbocycles. The van der Waals surface area contributed by atoms with Crippen LogP contribution in [0, 0.1) is 0 Å². The molecule has 0 aliphatic rings. The molecule has 0 unspecified atom stereocenters. The first-order chi connectivity index (χ1) is 43.0. The van der Waals surface area contributed by atoms with Crippen molar-refractivity contribution < 1.29 is 97.2 Å². The Morgan fingerprint density at radius 2 is 0.554 bits per heavy atom. The highest BCUT2D eigenvalue weighted by Gasteiger charge is 2.27. The Morgan fingerprint density at radius 3 is 0.804 bits per heavy atom. The SMILES string of the molecule is COC(=O)c1cccc(CN(CCN(CCN(CC(=O)OC(C)(C)C)Cc2cccc(C(=O)OC)n2)CC(=O)OC(C)(C)C)CC(=O)OC(C)(C)C)n1.O=C(O)CN(CCN(CC(=O)O)Cc1cccc(C(=O)O)n1)CCN(CC(=O)O)Cc1cccc(C(=O)O)n1. The molecule has 4 heterocycles. The van der Waals surface area contributed by atoms with E-state index in [9.17, 15) is 63.3 Å². The summed E-state index contributed by atoms with van der Waals surface area (Å²) in [5, 5.41) is 46.2. The second-order valence-electron chi connectivity index (χ2n) is 24.0. The van der Waals surface area contributed by atoms with Crippen LogP contribution in [-0.2, 0) is 78.6 Å². The summed E-state index contributed by atoms with van der Waals surface area (Å²) in [6.07, 6.45) is 0. The Bertz CT molecular complexity index is 2960. The number of carboxylic acid groups (broad SMARTS) is 5. The number of ether oxygens (including phenoxy) is 5. The summed E-state index contributed by atoms with van der Waals surface area (Å²) in [6, 6.07) is 18.6. The van der Waals surface area contributed by atoms with Gasteiger partial charge in [-0.2, -0.15) is 0 Å². The maximum absolute atomic E-state index is 13.1. The van der Waals surface area contributed by atoms with Crippen molar-refractivity contribution in [3.05, 3.63) is 118 Å². The van der Waals surface area contributed by atoms with Crippen LogP contribution < -0.4 is 0 Å². The highest BCUT2D eigenvalue weighted by atomic mass is 16.6. The highest BCUT2D eigenvalue weighted by Crippen LogP contribution is 2.15. The standard InChI is InChI=1S/C38H57N5O10.C24H29N5O10/c1-36(2,3)51-31(44)24-41(18-20-42(25-32(45)52-37(4,5)6)22-27-14-12-16-29(39-27)34(47)49-10)19-21-43(26-33(46)53-38(7,8)9)23-28-15-13-17-30(40-28)35(48)50-11;30-20(31)13-27(7-9-28(14-21(32)33)11-16-3-1-5-18(25-16)23(36)37)8-10-29(15-22(34)35)12-17-4-2-6-19(26-17)24(38)39/h12-17H,18-26H2,1-11H3;1-6H,7-15H2,(H,30,31)(H,32,33)(H,34,35)(H,36,37)(H,38,39). The third kappa shape index (κ3) is 32.7. The lowest BCUT2D eigenvalue weighted by Gasteiger charge is -2.31. The van der Waals surface area contributed by atoms with Gasteiger partial charge >= 0.3 is 59.7 Å². The zero-order valence-corrected chi connectivity index (χ0v) is 54.0. The van der Waals surface area contributed by atoms with E-state index >= 15 is 0 Å². The Hall–Kier alpha value is -8.94. The number of methoxy groups -OCH3 is 2. The first-order valence-electron chi connectivity index (χ1n) is 29.1. The first-order valence-corrected chi connectivity index (χ1v) is 29.1. The van der Waals surface area contributed by atoms with Crippen molar-refractivity contribution in [2.24, 2.45) is 0 Å². The molecule has 0 amide bonds. The Labute approximate surface area is 534 Å². The Kier molecular flexibility index (Phi) is 31.4. The zero-order valence-electron chi connectivity index (χ0n) is 54.0. The van der Waals surface area contributed by atoms with E-state index in [2.05, 4.69) is 19.9 Å². The molecule has 4 aromatic rings. The number of aliphatic carboxylic acids is 3. The average Bonchev–Trinajstić information content (AvgIpc) is 1.06. The Balaban J connectivity index is 0.000000503. The van der Waals surface area contributed by atoms with Crippen LogP contribution in [-0.4, -0.2) is 257 Å². The van der Waals surface area contributed by atoms with E-state index in [0.717, 1.165) is 0 Å². The molecule has 0 aliphatic carbocycles. The number of aromatic nitrogens is 4. The molecule has 0 aromatic carbocycles. The van der Waals surface area contributed by atoms with Crippen LogP contribution in [0.3, 0.4) is 0 Å². The third-order valence-electron chi connectivity index (χ3n) is 12.3. The largest absolute Gasteiger partial charge is 0.480 e. The number of nitrogens with zero attached hydrogens (tertiary/aromatic N) is 10. The fourth-order valence-corrected chi connectivity index (χ4v) is 8.63. The summed E-state index contributed by atoms with van der Waals surface area (Å²) in [5.41, 5.74) is -0.573. The lowest BCUT2D eigenvalue weighted by Crippen LogP contribution is -2.45. The van der Waals surface area contributed by atoms with Crippen molar-refractivity contribution in [3.63, 3.8) is 0 Å². The minimum absolute atomic E-state index is 0.00502. The Morgan fingerprint density at radius 1 is 0.337 bits per heavy atom. The second-order valence-corrected chi connectivity index (χ2v) is 24.0. The van der Waals surface area contributed by atoms with E-state index in [0.29, 0.717) is 49.0 Å². The van der Waals surface area contributed by atoms with E-state index in [-0.39, 0.29) is 94.8 Å². The van der Waals surface area contributed by atoms with Crippen LogP contribution in [0.15, 0.2) is 72.8 Å². The van der Waals surface area contributed by atoms with Gasteiger partial charge in [0, 0.05) is 78.5 Å². The van der Waals surface area contributed by atoms with Crippen LogP contribution in [0.5, 0.6) is 0 Å². The van der Waals surface area contributed by atoms with Crippen LogP contribution in [0.25, 0.3) is 0 Å². The summed E-state index contributed by atoms with van der Waals surface area (Å²) >= 11 is 0. The molecule has 0 bridgehead atoms. The monoisotopic (exact) mass is 1290 g/mol. The maximum atomic E-state index is 13.1. The number of pyridine rings is 4. The number of carbonyl (C=O) groups excluding carboxylic acids is 5. The summed E-state index contributed by atoms with van der Waals surface area (Å²) in [7, 11) is 2.55. The number of aromatic carboxylic acids is 2. The average molecular weight is 1290 g/mol. The number of esters is 5. The molecule has 30 heteroatoms. The third-order valence-corrected chi connectivity index (χ3v) is 12.3. The topological polar surface area (TPSA) is 389 Å². The molecular weight excluding hydrogens is 1200 g/mol. The summed E-state index contributed by atoms with van der Waals surface area (Å²) < 4.78 is 26.5. The van der Waals surface area contributed by atoms with E-state index < -0.39 is 96.1 Å². The van der Waals surface area contributed by atoms with Gasteiger partial charge < -0.3 is 49.2 Å². The lowest BCUT2D eigenvalue weighted by molar-refractivity contribution is -0.158. The van der Waals surface area contributed by atoms with Crippen molar-refractivity contribution in [1.29, 1.82) is 0 Å². The summed E-state index contributed by atoms with van der Waals surface area (Å²) in [5.74, 6) is -8.41. The number of carbonyl (C=O) groups is 10. The van der Waals surface area contributed by atoms with Gasteiger partial charge in [-0.05, 0) is 111 Å². The summed E-state index contributed by atoms with van der Waals surface area (Å²) in [4.78, 5) is 147. The van der Waals surface area contributed by atoms with Crippen molar-refractivity contribution in [3.8, 4) is 0 Å². The number of carboxylic acids is 5. The molecular formula is C62H86N10O20. The normalized spacial score (nSPS) is 11.7. The van der Waals surface area contributed by atoms with Gasteiger partial charge in [0.1, 0.15) is 39.6 Å². The quantitative estimate of drug-likeness (QED) is 0.0322. The van der Waals surface area contributed by atoms with Crippen molar-refractivity contribution in [2.75, 3.05) is 106 Å². The fourth-order valence-electron chi connectivity index (χ4n) is 8.63. The van der Waals surface area contributed by atoms with Crippen molar-refractivity contribution in [2.45, 2.75) is 105 Å². The van der Waals surface area contributed by atoms with Crippen molar-refractivity contribution in [1.82, 2.24) is 49.3 Å². The van der Waals surface area contributed by atoms with Gasteiger partial charge in [0.05, 0.1) is 76.3 Å². The van der Waals surface area contributed by atoms with Crippen LogP contribution in [0.4, 0.5) is 0 Å². The molecule has 0 fully saturated rings. The molecule has 0 radical (unpaired) electrons. The van der Waals surface area contributed by atoms with E-state index in [1.54, 1.807) is 111 Å². The fraction of sp³-hybridized carbons (Fsp3) is 0.516. The zero-order chi connectivity index (χ0) is 68.9. The van der Waals surface area contributed by atoms with Gasteiger partial charge in [0.25, 0.3) is 0 Å². The predicted molar refractivity (Wildman–Crippen MR) is 328 cm³/mol. The molecule has 0 atom stereocenters. The molecule has 30 nitrogen and oxygen atoms in total. The van der Waals surface area contributed by atoms with Gasteiger partial charge in [-0.3, -0.25) is 58.2 Å². The van der Waals surface area contributed by atoms with Gasteiger partial charge in [0.2, 0.25) is 0 Å². The number of hydrogen-bond acceptors (Lipinski definition) is 25. The smallest absolute Gasteiger partial charge is 0.356 e. The molecule has 504 valence electrons. The lowest BCUT2D eigenvalue weighted by atomic mass is 10.2. The molecule has 92 heavy (non-hydrogen) atoms. The minimum Gasteiger partial charge on any atom is -0.480 e. The number of hydrogen-bond donors (Lipinski definition) is 5. The molecule has 0 aliphatic heterocycles. The van der Waals surface area contributed by atoms with Gasteiger partial charge in [-0.25, -0.2) is 39.1 Å². The minimum atomic E-state index is -1.23. The van der Waals surface area contributed by atoms with Gasteiger partial charge in [-0.1, -0.05) is 24.3 Å². The van der Waals surface area contributed by atoms with Gasteiger partial charge in [-0.15, -0.1) is 0 Å². The molecule has 4 rings (SSSR count). The van der Waals surface area contributed by atoms with Crippen LogP contribution in [0.1, 0.15) is 127 Å². The molecule has 0 spiro atoms. The molecule has 5 N–H and O–H groups in total. The second kappa shape index (κ2) is 37.4. The summed E-state index contributed by atoms with van der Waals surface area (Å²) in [6.45, 7) is 16.5.